The number of hydrogen-bond donors (Lipinski definition) is 1. The highest BCUT2D eigenvalue weighted by Gasteiger charge is 2.25. The van der Waals surface area contributed by atoms with Crippen LogP contribution in [0.4, 0.5) is 0 Å². The van der Waals surface area contributed by atoms with Gasteiger partial charge in [-0.3, -0.25) is 4.90 Å². The van der Waals surface area contributed by atoms with Gasteiger partial charge in [0.15, 0.2) is 0 Å². The van der Waals surface area contributed by atoms with Gasteiger partial charge < -0.3 is 5.32 Å². The molecular weight excluding hydrogens is 256 g/mol. The predicted octanol–water partition coefficient (Wildman–Crippen LogP) is 3.86. The van der Waals surface area contributed by atoms with E-state index in [0.717, 1.165) is 18.1 Å². The maximum atomic E-state index is 6.34. The molecule has 0 aromatic heterocycles. The average molecular weight is 281 g/mol. The monoisotopic (exact) mass is 280 g/mol. The molecule has 106 valence electrons. The lowest BCUT2D eigenvalue weighted by Gasteiger charge is -2.35. The van der Waals surface area contributed by atoms with Crippen molar-refractivity contribution >= 4 is 11.6 Å². The summed E-state index contributed by atoms with van der Waals surface area (Å²) in [6.45, 7) is 9.06. The third-order valence-corrected chi connectivity index (χ3v) is 4.45. The Kier molecular flexibility index (Phi) is 5.26. The summed E-state index contributed by atoms with van der Waals surface area (Å²) < 4.78 is 0. The molecule has 0 spiro atoms. The second-order valence-electron chi connectivity index (χ2n) is 5.78. The van der Waals surface area contributed by atoms with Gasteiger partial charge in [0.05, 0.1) is 0 Å². The summed E-state index contributed by atoms with van der Waals surface area (Å²) in [5, 5.41) is 4.46. The minimum absolute atomic E-state index is 0.357. The van der Waals surface area contributed by atoms with Crippen LogP contribution in [-0.2, 0) is 0 Å². The Morgan fingerprint density at radius 3 is 2.63 bits per heavy atom. The van der Waals surface area contributed by atoms with Crippen molar-refractivity contribution in [3.63, 3.8) is 0 Å². The van der Waals surface area contributed by atoms with Crippen LogP contribution in [-0.4, -0.2) is 30.1 Å². The fourth-order valence-electron chi connectivity index (χ4n) is 2.98. The van der Waals surface area contributed by atoms with E-state index >= 15 is 0 Å². The van der Waals surface area contributed by atoms with Crippen molar-refractivity contribution in [2.24, 2.45) is 0 Å². The van der Waals surface area contributed by atoms with Crippen LogP contribution >= 0.6 is 11.6 Å². The van der Waals surface area contributed by atoms with Gasteiger partial charge in [0, 0.05) is 29.7 Å². The first kappa shape index (κ1) is 14.8. The van der Waals surface area contributed by atoms with Crippen LogP contribution in [0, 0.1) is 0 Å². The first-order valence-electron chi connectivity index (χ1n) is 7.33. The van der Waals surface area contributed by atoms with E-state index in [2.05, 4.69) is 43.1 Å². The summed E-state index contributed by atoms with van der Waals surface area (Å²) in [4.78, 5) is 2.55. The molecule has 19 heavy (non-hydrogen) atoms. The Morgan fingerprint density at radius 2 is 2.05 bits per heavy atom. The predicted molar refractivity (Wildman–Crippen MR) is 82.7 cm³/mol. The van der Waals surface area contributed by atoms with Gasteiger partial charge in [-0.1, -0.05) is 29.8 Å². The summed E-state index contributed by atoms with van der Waals surface area (Å²) in [5.41, 5.74) is 1.23. The number of hydrogen-bond acceptors (Lipinski definition) is 2. The first-order chi connectivity index (χ1) is 9.09. The van der Waals surface area contributed by atoms with Crippen LogP contribution in [0.2, 0.25) is 5.02 Å². The number of halogens is 1. The minimum atomic E-state index is 0.357. The van der Waals surface area contributed by atoms with Crippen molar-refractivity contribution in [3.8, 4) is 0 Å². The van der Waals surface area contributed by atoms with E-state index in [4.69, 9.17) is 11.6 Å². The molecule has 1 aliphatic rings. The molecule has 0 bridgehead atoms. The Morgan fingerprint density at radius 1 is 1.32 bits per heavy atom. The zero-order valence-electron chi connectivity index (χ0n) is 12.2. The molecule has 0 amide bonds. The second kappa shape index (κ2) is 6.74. The summed E-state index contributed by atoms with van der Waals surface area (Å²) in [6, 6.07) is 9.71. The van der Waals surface area contributed by atoms with Gasteiger partial charge in [-0.25, -0.2) is 0 Å². The van der Waals surface area contributed by atoms with Crippen LogP contribution in [0.3, 0.4) is 0 Å². The molecule has 2 unspecified atom stereocenters. The topological polar surface area (TPSA) is 15.3 Å². The molecule has 0 saturated carbocycles. The molecular formula is C16H25ClN2. The second-order valence-corrected chi connectivity index (χ2v) is 6.19. The summed E-state index contributed by atoms with van der Waals surface area (Å²) in [6.07, 6.45) is 2.59. The van der Waals surface area contributed by atoms with Crippen molar-refractivity contribution in [1.82, 2.24) is 10.2 Å². The van der Waals surface area contributed by atoms with Crippen LogP contribution in [0.15, 0.2) is 24.3 Å². The van der Waals surface area contributed by atoms with E-state index in [1.807, 2.05) is 12.1 Å². The highest BCUT2D eigenvalue weighted by atomic mass is 35.5. The third kappa shape index (κ3) is 3.71. The van der Waals surface area contributed by atoms with Crippen LogP contribution < -0.4 is 5.32 Å². The zero-order chi connectivity index (χ0) is 13.8. The van der Waals surface area contributed by atoms with Crippen LogP contribution in [0.5, 0.6) is 0 Å². The van der Waals surface area contributed by atoms with E-state index in [1.165, 1.54) is 18.4 Å². The lowest BCUT2D eigenvalue weighted by molar-refractivity contribution is 0.150. The fourth-order valence-corrected chi connectivity index (χ4v) is 3.27. The van der Waals surface area contributed by atoms with Gasteiger partial charge in [-0.2, -0.15) is 0 Å². The van der Waals surface area contributed by atoms with Crippen molar-refractivity contribution in [3.05, 3.63) is 34.9 Å². The van der Waals surface area contributed by atoms with E-state index in [-0.39, 0.29) is 0 Å². The van der Waals surface area contributed by atoms with Crippen molar-refractivity contribution in [1.29, 1.82) is 0 Å². The largest absolute Gasteiger partial charge is 0.313 e. The van der Waals surface area contributed by atoms with Gasteiger partial charge in [-0.15, -0.1) is 0 Å². The molecule has 1 aromatic carbocycles. The molecule has 3 heteroatoms. The molecule has 2 nitrogen and oxygen atoms in total. The quantitative estimate of drug-likeness (QED) is 0.881. The fraction of sp³-hybridized carbons (Fsp3) is 0.625. The van der Waals surface area contributed by atoms with Gasteiger partial charge in [-0.05, 0) is 51.8 Å². The smallest absolute Gasteiger partial charge is 0.0453 e. The molecule has 0 radical (unpaired) electrons. The van der Waals surface area contributed by atoms with Crippen LogP contribution in [0.25, 0.3) is 0 Å². The SMILES string of the molecule is CC(C)N(CC1CCCN1)C(C)c1ccccc1Cl. The molecule has 1 fully saturated rings. The average Bonchev–Trinajstić information content (AvgIpc) is 2.88. The summed E-state index contributed by atoms with van der Waals surface area (Å²) >= 11 is 6.34. The third-order valence-electron chi connectivity index (χ3n) is 4.11. The first-order valence-corrected chi connectivity index (χ1v) is 7.71. The lowest BCUT2D eigenvalue weighted by Crippen LogP contribution is -2.42. The van der Waals surface area contributed by atoms with Gasteiger partial charge in [0.2, 0.25) is 0 Å². The van der Waals surface area contributed by atoms with Crippen molar-refractivity contribution < 1.29 is 0 Å². The molecule has 1 N–H and O–H groups in total. The Bertz CT molecular complexity index is 399. The van der Waals surface area contributed by atoms with Gasteiger partial charge in [0.25, 0.3) is 0 Å². The normalized spacial score (nSPS) is 21.3. The standard InChI is InChI=1S/C16H25ClN2/c1-12(2)19(11-14-7-6-10-18-14)13(3)15-8-4-5-9-16(15)17/h4-5,8-9,12-14,18H,6-7,10-11H2,1-3H3. The van der Waals surface area contributed by atoms with E-state index in [9.17, 15) is 0 Å². The van der Waals surface area contributed by atoms with Crippen molar-refractivity contribution in [2.75, 3.05) is 13.1 Å². The molecule has 1 aromatic rings. The van der Waals surface area contributed by atoms with Crippen LogP contribution in [0.1, 0.15) is 45.2 Å². The Hall–Kier alpha value is -0.570. The van der Waals surface area contributed by atoms with E-state index < -0.39 is 0 Å². The van der Waals surface area contributed by atoms with E-state index in [0.29, 0.717) is 18.1 Å². The molecule has 1 heterocycles. The number of nitrogens with one attached hydrogen (secondary N) is 1. The lowest BCUT2D eigenvalue weighted by atomic mass is 10.0. The van der Waals surface area contributed by atoms with Gasteiger partial charge >= 0.3 is 0 Å². The maximum absolute atomic E-state index is 6.34. The van der Waals surface area contributed by atoms with Crippen molar-refractivity contribution in [2.45, 2.75) is 51.7 Å². The Balaban J connectivity index is 2.11. The number of benzene rings is 1. The van der Waals surface area contributed by atoms with E-state index in [1.54, 1.807) is 0 Å². The molecule has 2 rings (SSSR count). The summed E-state index contributed by atoms with van der Waals surface area (Å²) in [7, 11) is 0. The highest BCUT2D eigenvalue weighted by Crippen LogP contribution is 2.29. The Labute approximate surface area is 122 Å². The number of rotatable bonds is 5. The summed E-state index contributed by atoms with van der Waals surface area (Å²) in [5.74, 6) is 0. The zero-order valence-corrected chi connectivity index (χ0v) is 13.0. The van der Waals surface area contributed by atoms with Gasteiger partial charge in [0.1, 0.15) is 0 Å². The molecule has 0 aliphatic carbocycles. The number of nitrogens with zero attached hydrogens (tertiary/aromatic N) is 1. The molecule has 2 atom stereocenters. The molecule has 1 aliphatic heterocycles. The maximum Gasteiger partial charge on any atom is 0.0453 e. The highest BCUT2D eigenvalue weighted by molar-refractivity contribution is 6.31. The molecule has 1 saturated heterocycles. The minimum Gasteiger partial charge on any atom is -0.313 e.